The van der Waals surface area contributed by atoms with Gasteiger partial charge in [-0.15, -0.1) is 0 Å². The predicted molar refractivity (Wildman–Crippen MR) is 204 cm³/mol. The number of aromatic nitrogens is 4. The topological polar surface area (TPSA) is 157 Å². The quantitative estimate of drug-likeness (QED) is 0.118. The number of aliphatic hydroxyl groups is 1. The number of carbonyl (C=O) groups is 1. The molecule has 0 amide bonds. The van der Waals surface area contributed by atoms with Crippen molar-refractivity contribution in [3.05, 3.63) is 94.9 Å². The summed E-state index contributed by atoms with van der Waals surface area (Å²) in [5.41, 5.74) is 4.46. The summed E-state index contributed by atoms with van der Waals surface area (Å²) < 4.78 is 50.4. The zero-order valence-corrected chi connectivity index (χ0v) is 30.9. The number of rotatable bonds is 10. The van der Waals surface area contributed by atoms with E-state index in [1.807, 2.05) is 55.3 Å². The van der Waals surface area contributed by atoms with E-state index in [1.165, 1.54) is 4.57 Å². The Bertz CT molecular complexity index is 2530. The molecule has 0 saturated carbocycles. The lowest BCUT2D eigenvalue weighted by molar-refractivity contribution is -0.141. The van der Waals surface area contributed by atoms with E-state index < -0.39 is 29.2 Å². The van der Waals surface area contributed by atoms with Crippen LogP contribution in [-0.4, -0.2) is 84.3 Å². The van der Waals surface area contributed by atoms with E-state index in [4.69, 9.17) is 14.8 Å². The first-order valence-electron chi connectivity index (χ1n) is 18.6. The lowest BCUT2D eigenvalue weighted by Gasteiger charge is -2.17. The van der Waals surface area contributed by atoms with Gasteiger partial charge >= 0.3 is 12.1 Å². The summed E-state index contributed by atoms with van der Waals surface area (Å²) in [6, 6.07) is 15.3. The number of pyridine rings is 3. The minimum Gasteiger partial charge on any atom is -0.481 e. The molecule has 2 aromatic carbocycles. The predicted octanol–water partition coefficient (Wildman–Crippen LogP) is 6.74. The van der Waals surface area contributed by atoms with Crippen molar-refractivity contribution in [3.8, 4) is 22.6 Å². The number of carboxylic acids is 1. The monoisotopic (exact) mass is 766 g/mol. The van der Waals surface area contributed by atoms with Gasteiger partial charge in [0.2, 0.25) is 5.89 Å². The van der Waals surface area contributed by atoms with Gasteiger partial charge in [0.25, 0.3) is 0 Å². The molecule has 4 aromatic heterocycles. The standard InChI is InChI=1S/C41H41F3N8O4/c1-23-29(30-6-4-8-33(24(30)2)48-38-34-26(9-12-46-38)17-25(18-47-34)19-51-14-11-28(53)21-51)5-3-7-31(23)39-49-35-36(56-39)32(41(42,43)44)22-52(37(35)45)16-15-50-13-10-27(20-50)40(54)55/h3-9,12,17-18,22,27-28,45,53H,10-11,13-16,19-21H2,1-2H3,(H,46,48)(H,54,55)/t27-,28-/m1/s1. The number of fused-ring (bicyclic) bond motifs is 2. The van der Waals surface area contributed by atoms with E-state index in [1.54, 1.807) is 18.3 Å². The number of halogens is 3. The summed E-state index contributed by atoms with van der Waals surface area (Å²) in [5.74, 6) is -0.842. The van der Waals surface area contributed by atoms with E-state index in [-0.39, 0.29) is 29.5 Å². The number of aliphatic carboxylic acids is 1. The molecule has 2 aliphatic rings. The third-order valence-corrected chi connectivity index (χ3v) is 11.0. The van der Waals surface area contributed by atoms with Crippen molar-refractivity contribution in [1.82, 2.24) is 29.3 Å². The Morgan fingerprint density at radius 2 is 1.71 bits per heavy atom. The molecule has 0 unspecified atom stereocenters. The fourth-order valence-electron chi connectivity index (χ4n) is 7.91. The number of oxazole rings is 1. The molecule has 0 radical (unpaired) electrons. The van der Waals surface area contributed by atoms with Gasteiger partial charge < -0.3 is 29.4 Å². The zero-order chi connectivity index (χ0) is 39.3. The van der Waals surface area contributed by atoms with Crippen LogP contribution in [0.4, 0.5) is 24.7 Å². The summed E-state index contributed by atoms with van der Waals surface area (Å²) in [7, 11) is 0. The Morgan fingerprint density at radius 3 is 2.45 bits per heavy atom. The first-order chi connectivity index (χ1) is 26.8. The van der Waals surface area contributed by atoms with E-state index in [0.29, 0.717) is 56.0 Å². The highest BCUT2D eigenvalue weighted by atomic mass is 19.4. The molecule has 290 valence electrons. The Balaban J connectivity index is 1.09. The van der Waals surface area contributed by atoms with Crippen molar-refractivity contribution in [3.63, 3.8) is 0 Å². The number of benzene rings is 2. The van der Waals surface area contributed by atoms with Gasteiger partial charge in [0.05, 0.1) is 12.0 Å². The Hall–Kier alpha value is -5.64. The number of nitrogens with one attached hydrogen (secondary N) is 2. The van der Waals surface area contributed by atoms with Crippen molar-refractivity contribution < 1.29 is 32.6 Å². The van der Waals surface area contributed by atoms with E-state index in [9.17, 15) is 28.2 Å². The van der Waals surface area contributed by atoms with Crippen LogP contribution in [0.15, 0.2) is 71.5 Å². The SMILES string of the molecule is Cc1c(Nc2nccc3cc(CN4CC[C@@H](O)C4)cnc23)cccc1-c1cccc(-c2nc3c(=N)n(CCN4CC[C@@H](C(=O)O)C4)cc(C(F)(F)F)c3o2)c1C. The average molecular weight is 767 g/mol. The highest BCUT2D eigenvalue weighted by molar-refractivity contribution is 5.91. The van der Waals surface area contributed by atoms with E-state index >= 15 is 0 Å². The number of carboxylic acid groups (broad SMARTS) is 1. The van der Waals surface area contributed by atoms with Gasteiger partial charge in [-0.3, -0.25) is 20.1 Å². The number of anilines is 2. The normalized spacial score (nSPS) is 18.0. The molecule has 6 heterocycles. The van der Waals surface area contributed by atoms with Gasteiger partial charge in [0.1, 0.15) is 11.1 Å². The minimum atomic E-state index is -4.77. The molecule has 8 rings (SSSR count). The van der Waals surface area contributed by atoms with Gasteiger partial charge in [-0.05, 0) is 85.3 Å². The number of nitrogens with zero attached hydrogens (tertiary/aromatic N) is 6. The van der Waals surface area contributed by atoms with E-state index in [2.05, 4.69) is 26.3 Å². The number of β-amino-alcohol motifs (C(OH)–C–C–N with tert-alkyl or cyclic N) is 1. The maximum absolute atomic E-state index is 14.5. The molecule has 2 fully saturated rings. The first-order valence-corrected chi connectivity index (χ1v) is 18.6. The summed E-state index contributed by atoms with van der Waals surface area (Å²) in [5, 5.41) is 32.5. The second kappa shape index (κ2) is 14.8. The zero-order valence-electron chi connectivity index (χ0n) is 30.9. The maximum atomic E-state index is 14.5. The molecule has 6 aromatic rings. The van der Waals surface area contributed by atoms with Crippen molar-refractivity contribution in [1.29, 1.82) is 5.41 Å². The fourth-order valence-corrected chi connectivity index (χ4v) is 7.91. The summed E-state index contributed by atoms with van der Waals surface area (Å²) in [6.45, 7) is 7.23. The van der Waals surface area contributed by atoms with Crippen LogP contribution >= 0.6 is 0 Å². The number of hydrogen-bond acceptors (Lipinski definition) is 10. The lowest BCUT2D eigenvalue weighted by atomic mass is 9.93. The maximum Gasteiger partial charge on any atom is 0.421 e. The van der Waals surface area contributed by atoms with E-state index in [0.717, 1.165) is 58.1 Å². The molecule has 0 aliphatic carbocycles. The van der Waals surface area contributed by atoms with Gasteiger partial charge in [-0.2, -0.15) is 13.2 Å². The van der Waals surface area contributed by atoms with Crippen LogP contribution in [-0.2, 0) is 24.1 Å². The molecule has 15 heteroatoms. The summed E-state index contributed by atoms with van der Waals surface area (Å²) in [6.07, 6.45) is 0.643. The van der Waals surface area contributed by atoms with Crippen molar-refractivity contribution >= 4 is 39.5 Å². The molecule has 2 saturated heterocycles. The smallest absolute Gasteiger partial charge is 0.421 e. The number of hydrogen-bond donors (Lipinski definition) is 4. The molecule has 56 heavy (non-hydrogen) atoms. The van der Waals surface area contributed by atoms with Crippen LogP contribution in [0.5, 0.6) is 0 Å². The Kier molecular flexibility index (Phi) is 9.85. The van der Waals surface area contributed by atoms with Crippen molar-refractivity contribution in [2.75, 3.05) is 38.0 Å². The minimum absolute atomic E-state index is 0.0295. The molecule has 2 atom stereocenters. The largest absolute Gasteiger partial charge is 0.481 e. The second-order valence-corrected chi connectivity index (χ2v) is 14.7. The van der Waals surface area contributed by atoms with Crippen LogP contribution < -0.4 is 10.8 Å². The molecular weight excluding hydrogens is 725 g/mol. The molecule has 0 bridgehead atoms. The molecule has 12 nitrogen and oxygen atoms in total. The summed E-state index contributed by atoms with van der Waals surface area (Å²) >= 11 is 0. The van der Waals surface area contributed by atoms with Crippen LogP contribution in [0.2, 0.25) is 0 Å². The lowest BCUT2D eigenvalue weighted by Crippen LogP contribution is -2.31. The van der Waals surface area contributed by atoms with Crippen LogP contribution in [0.25, 0.3) is 44.6 Å². The van der Waals surface area contributed by atoms with Crippen molar-refractivity contribution in [2.24, 2.45) is 5.92 Å². The average Bonchev–Trinajstić information content (AvgIpc) is 3.93. The third kappa shape index (κ3) is 7.24. The van der Waals surface area contributed by atoms with Gasteiger partial charge in [0, 0.05) is 74.5 Å². The number of likely N-dealkylation sites (tertiary alicyclic amines) is 2. The Morgan fingerprint density at radius 1 is 0.964 bits per heavy atom. The second-order valence-electron chi connectivity index (χ2n) is 14.7. The highest BCUT2D eigenvalue weighted by Gasteiger charge is 2.37. The summed E-state index contributed by atoms with van der Waals surface area (Å²) in [4.78, 5) is 29.3. The molecular formula is C41H41F3N8O4. The number of alkyl halides is 3. The van der Waals surface area contributed by atoms with Gasteiger partial charge in [0.15, 0.2) is 22.4 Å². The number of aliphatic hydroxyl groups excluding tert-OH is 1. The van der Waals surface area contributed by atoms with Gasteiger partial charge in [-0.25, -0.2) is 9.97 Å². The van der Waals surface area contributed by atoms with Crippen LogP contribution in [0, 0.1) is 25.2 Å². The van der Waals surface area contributed by atoms with Crippen LogP contribution in [0.1, 0.15) is 35.1 Å². The highest BCUT2D eigenvalue weighted by Crippen LogP contribution is 2.39. The fraction of sp³-hybridized carbons (Fsp3) is 0.341. The van der Waals surface area contributed by atoms with Gasteiger partial charge in [-0.1, -0.05) is 24.3 Å². The molecule has 0 spiro atoms. The van der Waals surface area contributed by atoms with Crippen molar-refractivity contribution in [2.45, 2.75) is 52.1 Å². The third-order valence-electron chi connectivity index (χ3n) is 11.0. The first kappa shape index (κ1) is 37.3. The van der Waals surface area contributed by atoms with Crippen LogP contribution in [0.3, 0.4) is 0 Å². The molecule has 2 aliphatic heterocycles. The Labute approximate surface area is 319 Å². The molecule has 4 N–H and O–H groups in total.